The van der Waals surface area contributed by atoms with Crippen LogP contribution >= 0.6 is 0 Å². The third-order valence-electron chi connectivity index (χ3n) is 4.34. The number of hydrogen-bond donors (Lipinski definition) is 0. The van der Waals surface area contributed by atoms with E-state index in [4.69, 9.17) is 18.9 Å². The fraction of sp³-hybridized carbons (Fsp3) is 0.200. The Morgan fingerprint density at radius 3 is 1.38 bits per heavy atom. The summed E-state index contributed by atoms with van der Waals surface area (Å²) in [6.07, 6.45) is 5.10. The van der Waals surface area contributed by atoms with E-state index in [9.17, 15) is 29.4 Å². The largest absolute Gasteiger partial charge is 1.00 e. The van der Waals surface area contributed by atoms with E-state index in [-0.39, 0.29) is 88.5 Å². The van der Waals surface area contributed by atoms with Crippen LogP contribution in [0, 0.1) is 0 Å². The van der Waals surface area contributed by atoms with Gasteiger partial charge in [-0.05, 0) is 47.5 Å². The summed E-state index contributed by atoms with van der Waals surface area (Å²) in [5.41, 5.74) is 1.15. The van der Waals surface area contributed by atoms with Gasteiger partial charge in [0.2, 0.25) is 0 Å². The van der Waals surface area contributed by atoms with Gasteiger partial charge in [0, 0.05) is 0 Å². The molecule has 0 amide bonds. The molecule has 0 aromatic heterocycles. The molecule has 0 heterocycles. The number of hydrogen-bond acceptors (Lipinski definition) is 10. The summed E-state index contributed by atoms with van der Waals surface area (Å²) in [5, 5.41) is 21.1. The van der Waals surface area contributed by atoms with Crippen molar-refractivity contribution in [1.82, 2.24) is 0 Å². The van der Waals surface area contributed by atoms with E-state index >= 15 is 0 Å². The van der Waals surface area contributed by atoms with Crippen LogP contribution in [-0.2, 0) is 19.2 Å². The number of benzene rings is 2. The van der Waals surface area contributed by atoms with Gasteiger partial charge in [0.15, 0.2) is 34.6 Å². The molecular weight excluding hydrogens is 506 g/mol. The minimum atomic E-state index is -1.38. The molecule has 2 aromatic carbocycles. The molecule has 0 spiro atoms. The van der Waals surface area contributed by atoms with Crippen LogP contribution in [0.3, 0.4) is 0 Å². The number of methoxy groups -OCH3 is 2. The van der Waals surface area contributed by atoms with Gasteiger partial charge < -0.3 is 38.7 Å². The summed E-state index contributed by atoms with van der Waals surface area (Å²) in [5.74, 6) is -2.67. The molecule has 2 rings (SSSR count). The first-order valence-electron chi connectivity index (χ1n) is 10.1. The van der Waals surface area contributed by atoms with Crippen LogP contribution in [0.4, 0.5) is 0 Å². The van der Waals surface area contributed by atoms with E-state index in [1.807, 2.05) is 0 Å². The quantitative estimate of drug-likeness (QED) is 0.132. The van der Waals surface area contributed by atoms with Gasteiger partial charge in [0.05, 0.1) is 32.6 Å². The van der Waals surface area contributed by atoms with Crippen molar-refractivity contribution in [3.8, 4) is 23.0 Å². The van der Waals surface area contributed by atoms with Crippen molar-refractivity contribution in [2.24, 2.45) is 0 Å². The van der Waals surface area contributed by atoms with Crippen LogP contribution in [0.2, 0.25) is 0 Å². The van der Waals surface area contributed by atoms with E-state index in [0.717, 1.165) is 0 Å². The van der Waals surface area contributed by atoms with Crippen LogP contribution in [0.5, 0.6) is 23.0 Å². The average molecular weight is 528 g/mol. The number of ketones is 2. The van der Waals surface area contributed by atoms with Gasteiger partial charge in [-0.2, -0.15) is 0 Å². The van der Waals surface area contributed by atoms with Gasteiger partial charge in [-0.25, -0.2) is 0 Å². The number of carboxylic acids is 2. The first-order chi connectivity index (χ1) is 16.7. The van der Waals surface area contributed by atoms with Gasteiger partial charge in [0.1, 0.15) is 13.2 Å². The third kappa shape index (κ3) is 12.5. The van der Waals surface area contributed by atoms with Gasteiger partial charge in [-0.3, -0.25) is 9.59 Å². The SMILES string of the molecule is COc1cc(C=CC(=O)CC(=O)C=Cc2ccc(OCC(=O)[O-])c(OC)c2)ccc1OCC(=O)[O-].[Na+].[Na+]. The number of carbonyl (C=O) groups is 4. The zero-order valence-corrected chi connectivity index (χ0v) is 25.0. The van der Waals surface area contributed by atoms with Gasteiger partial charge >= 0.3 is 59.1 Å². The van der Waals surface area contributed by atoms with Crippen molar-refractivity contribution in [2.75, 3.05) is 27.4 Å². The molecule has 0 aliphatic heterocycles. The predicted octanol–water partition coefficient (Wildman–Crippen LogP) is -5.78. The third-order valence-corrected chi connectivity index (χ3v) is 4.34. The Balaban J connectivity index is 0.00000648. The van der Waals surface area contributed by atoms with E-state index in [1.54, 1.807) is 24.3 Å². The van der Waals surface area contributed by atoms with E-state index in [1.165, 1.54) is 50.7 Å². The standard InChI is InChI=1S/C25H24O10.2Na/c1-32-22-11-16(5-9-20(22)34-14-24(28)29)3-7-18(26)13-19(27)8-4-17-6-10-21(23(12-17)33-2)35-15-25(30)31;;/h3-12H,13-15H2,1-2H3,(H,28,29)(H,30,31);;/q;2*+1/p-2. The first-order valence-corrected chi connectivity index (χ1v) is 10.1. The molecule has 0 saturated carbocycles. The molecule has 0 aliphatic carbocycles. The Kier molecular flexibility index (Phi) is 16.5. The van der Waals surface area contributed by atoms with Crippen LogP contribution in [0.1, 0.15) is 17.5 Å². The maximum absolute atomic E-state index is 12.1. The normalized spacial score (nSPS) is 10.2. The molecule has 0 N–H and O–H groups in total. The Morgan fingerprint density at radius 1 is 0.676 bits per heavy atom. The van der Waals surface area contributed by atoms with Crippen LogP contribution < -0.4 is 88.3 Å². The summed E-state index contributed by atoms with van der Waals surface area (Å²) < 4.78 is 20.4. The Bertz CT molecular complexity index is 1070. The summed E-state index contributed by atoms with van der Waals surface area (Å²) in [4.78, 5) is 45.4. The van der Waals surface area contributed by atoms with E-state index in [0.29, 0.717) is 11.1 Å². The molecular formula is C25H22Na2O10. The van der Waals surface area contributed by atoms with Gasteiger partial charge in [-0.1, -0.05) is 24.3 Å². The minimum Gasteiger partial charge on any atom is -0.546 e. The molecule has 12 heteroatoms. The van der Waals surface area contributed by atoms with Crippen molar-refractivity contribution < 1.29 is 107 Å². The van der Waals surface area contributed by atoms with Crippen molar-refractivity contribution in [1.29, 1.82) is 0 Å². The van der Waals surface area contributed by atoms with Gasteiger partial charge in [-0.15, -0.1) is 0 Å². The molecule has 0 fully saturated rings. The summed E-state index contributed by atoms with van der Waals surface area (Å²) in [6, 6.07) is 9.25. The second-order valence-corrected chi connectivity index (χ2v) is 6.92. The number of carbonyl (C=O) groups excluding carboxylic acids is 4. The van der Waals surface area contributed by atoms with Crippen molar-refractivity contribution in [2.45, 2.75) is 6.42 Å². The fourth-order valence-corrected chi connectivity index (χ4v) is 2.76. The summed E-state index contributed by atoms with van der Waals surface area (Å²) >= 11 is 0. The van der Waals surface area contributed by atoms with Crippen molar-refractivity contribution in [3.63, 3.8) is 0 Å². The molecule has 0 aliphatic rings. The minimum absolute atomic E-state index is 0. The molecule has 2 aromatic rings. The second kappa shape index (κ2) is 17.8. The Hall–Kier alpha value is -2.60. The number of ether oxygens (including phenoxy) is 4. The average Bonchev–Trinajstić information content (AvgIpc) is 2.83. The fourth-order valence-electron chi connectivity index (χ4n) is 2.76. The zero-order valence-electron chi connectivity index (χ0n) is 21.0. The zero-order chi connectivity index (χ0) is 25.8. The molecule has 0 radical (unpaired) electrons. The molecule has 37 heavy (non-hydrogen) atoms. The molecule has 0 unspecified atom stereocenters. The monoisotopic (exact) mass is 528 g/mol. The Morgan fingerprint density at radius 2 is 1.05 bits per heavy atom. The van der Waals surface area contributed by atoms with Crippen LogP contribution in [0.25, 0.3) is 12.2 Å². The molecule has 0 saturated heterocycles. The number of carboxylic acid groups (broad SMARTS) is 2. The number of aliphatic carboxylic acids is 2. The van der Waals surface area contributed by atoms with Crippen LogP contribution in [0.15, 0.2) is 48.6 Å². The number of rotatable bonds is 14. The maximum Gasteiger partial charge on any atom is 1.00 e. The van der Waals surface area contributed by atoms with Crippen molar-refractivity contribution >= 4 is 35.7 Å². The molecule has 184 valence electrons. The first kappa shape index (κ1) is 34.4. The van der Waals surface area contributed by atoms with Gasteiger partial charge in [0.25, 0.3) is 0 Å². The van der Waals surface area contributed by atoms with E-state index < -0.39 is 36.7 Å². The molecule has 0 atom stereocenters. The number of allylic oxidation sites excluding steroid dienone is 2. The van der Waals surface area contributed by atoms with E-state index in [2.05, 4.69) is 0 Å². The van der Waals surface area contributed by atoms with Crippen LogP contribution in [-0.4, -0.2) is 50.9 Å². The molecule has 0 bridgehead atoms. The topological polar surface area (TPSA) is 151 Å². The smallest absolute Gasteiger partial charge is 0.546 e. The predicted molar refractivity (Wildman–Crippen MR) is 120 cm³/mol. The Labute approximate surface area is 257 Å². The second-order valence-electron chi connectivity index (χ2n) is 6.92. The van der Waals surface area contributed by atoms with Crippen molar-refractivity contribution in [3.05, 3.63) is 59.7 Å². The summed E-state index contributed by atoms with van der Waals surface area (Å²) in [6.45, 7) is -1.26. The summed E-state index contributed by atoms with van der Waals surface area (Å²) in [7, 11) is 2.77. The molecule has 10 nitrogen and oxygen atoms in total. The maximum atomic E-state index is 12.1.